The van der Waals surface area contributed by atoms with Gasteiger partial charge in [0.25, 0.3) is 5.91 Å². The van der Waals surface area contributed by atoms with Gasteiger partial charge in [-0.2, -0.15) is 0 Å². The highest BCUT2D eigenvalue weighted by Gasteiger charge is 2.10. The van der Waals surface area contributed by atoms with E-state index in [2.05, 4.69) is 10.6 Å². The first-order valence-electron chi connectivity index (χ1n) is 7.47. The van der Waals surface area contributed by atoms with Crippen LogP contribution < -0.4 is 10.6 Å². The summed E-state index contributed by atoms with van der Waals surface area (Å²) in [5.41, 5.74) is 0. The predicted molar refractivity (Wildman–Crippen MR) is 89.0 cm³/mol. The zero-order valence-electron chi connectivity index (χ0n) is 13.6. The van der Waals surface area contributed by atoms with Crippen LogP contribution in [0.25, 0.3) is 0 Å². The lowest BCUT2D eigenvalue weighted by atomic mass is 10.4. The van der Waals surface area contributed by atoms with Gasteiger partial charge in [0.15, 0.2) is 6.61 Å². The van der Waals surface area contributed by atoms with Crippen LogP contribution in [-0.2, 0) is 19.1 Å². The zero-order valence-corrected chi connectivity index (χ0v) is 14.5. The maximum absolute atomic E-state index is 12.7. The van der Waals surface area contributed by atoms with Crippen molar-refractivity contribution in [1.82, 2.24) is 10.6 Å². The molecule has 24 heavy (non-hydrogen) atoms. The van der Waals surface area contributed by atoms with E-state index < -0.39 is 18.5 Å². The summed E-state index contributed by atoms with van der Waals surface area (Å²) in [5.74, 6) is -1.20. The molecule has 0 saturated carbocycles. The van der Waals surface area contributed by atoms with Crippen LogP contribution in [-0.4, -0.2) is 42.7 Å². The largest absolute Gasteiger partial charge is 0.456 e. The SMILES string of the molecule is CC(C)NC(=O)CNC(=O)COC(=O)CCSc1ccc(F)cc1. The average molecular weight is 356 g/mol. The van der Waals surface area contributed by atoms with Crippen LogP contribution in [0.5, 0.6) is 0 Å². The summed E-state index contributed by atoms with van der Waals surface area (Å²) in [4.78, 5) is 35.2. The molecule has 0 fully saturated rings. The molecule has 8 heteroatoms. The Labute approximate surface area is 144 Å². The fraction of sp³-hybridized carbons (Fsp3) is 0.438. The second-order valence-electron chi connectivity index (χ2n) is 5.21. The van der Waals surface area contributed by atoms with Gasteiger partial charge in [-0.3, -0.25) is 14.4 Å². The van der Waals surface area contributed by atoms with Crippen molar-refractivity contribution in [3.05, 3.63) is 30.1 Å². The highest BCUT2D eigenvalue weighted by atomic mass is 32.2. The summed E-state index contributed by atoms with van der Waals surface area (Å²) in [7, 11) is 0. The van der Waals surface area contributed by atoms with Crippen molar-refractivity contribution in [1.29, 1.82) is 0 Å². The second-order valence-corrected chi connectivity index (χ2v) is 6.38. The summed E-state index contributed by atoms with van der Waals surface area (Å²) in [6.07, 6.45) is 0.128. The normalized spacial score (nSPS) is 10.3. The van der Waals surface area contributed by atoms with E-state index in [9.17, 15) is 18.8 Å². The molecule has 2 amide bonds. The van der Waals surface area contributed by atoms with Crippen LogP contribution in [0.2, 0.25) is 0 Å². The Morgan fingerprint density at radius 2 is 1.83 bits per heavy atom. The van der Waals surface area contributed by atoms with Crippen LogP contribution in [0.15, 0.2) is 29.2 Å². The lowest BCUT2D eigenvalue weighted by molar-refractivity contribution is -0.148. The first kappa shape index (κ1) is 20.0. The Kier molecular flexibility index (Phi) is 8.85. The van der Waals surface area contributed by atoms with Gasteiger partial charge in [-0.1, -0.05) is 0 Å². The first-order chi connectivity index (χ1) is 11.4. The highest BCUT2D eigenvalue weighted by molar-refractivity contribution is 7.99. The predicted octanol–water partition coefficient (Wildman–Crippen LogP) is 1.49. The molecule has 1 aromatic carbocycles. The van der Waals surface area contributed by atoms with Crippen LogP contribution >= 0.6 is 11.8 Å². The minimum Gasteiger partial charge on any atom is -0.456 e. The third-order valence-corrected chi connectivity index (χ3v) is 3.66. The summed E-state index contributed by atoms with van der Waals surface area (Å²) in [5, 5.41) is 4.98. The quantitative estimate of drug-likeness (QED) is 0.517. The fourth-order valence-electron chi connectivity index (χ4n) is 1.60. The molecule has 6 nitrogen and oxygen atoms in total. The minimum absolute atomic E-state index is 0.00848. The van der Waals surface area contributed by atoms with E-state index in [-0.39, 0.29) is 30.7 Å². The van der Waals surface area contributed by atoms with Gasteiger partial charge < -0.3 is 15.4 Å². The molecule has 0 bridgehead atoms. The van der Waals surface area contributed by atoms with E-state index >= 15 is 0 Å². The molecule has 0 aliphatic rings. The molecular weight excluding hydrogens is 335 g/mol. The topological polar surface area (TPSA) is 84.5 Å². The Morgan fingerprint density at radius 1 is 1.17 bits per heavy atom. The molecule has 0 atom stereocenters. The monoisotopic (exact) mass is 356 g/mol. The summed E-state index contributed by atoms with van der Waals surface area (Å²) < 4.78 is 17.6. The Hall–Kier alpha value is -2.09. The van der Waals surface area contributed by atoms with E-state index in [0.29, 0.717) is 5.75 Å². The van der Waals surface area contributed by atoms with Gasteiger partial charge >= 0.3 is 5.97 Å². The van der Waals surface area contributed by atoms with Gasteiger partial charge in [0.05, 0.1) is 13.0 Å². The van der Waals surface area contributed by atoms with Gasteiger partial charge in [0.2, 0.25) is 5.91 Å². The number of carbonyl (C=O) groups excluding carboxylic acids is 3. The maximum atomic E-state index is 12.7. The number of carbonyl (C=O) groups is 3. The van der Waals surface area contributed by atoms with Gasteiger partial charge in [0.1, 0.15) is 5.82 Å². The third-order valence-electron chi connectivity index (χ3n) is 2.65. The van der Waals surface area contributed by atoms with Gasteiger partial charge in [0, 0.05) is 16.7 Å². The Bertz CT molecular complexity index is 564. The average Bonchev–Trinajstić information content (AvgIpc) is 2.52. The van der Waals surface area contributed by atoms with E-state index in [1.807, 2.05) is 13.8 Å². The number of thioether (sulfide) groups is 1. The van der Waals surface area contributed by atoms with Crippen molar-refractivity contribution >= 4 is 29.5 Å². The summed E-state index contributed by atoms with van der Waals surface area (Å²) in [6.45, 7) is 3.04. The molecule has 132 valence electrons. The number of nitrogens with one attached hydrogen (secondary N) is 2. The Morgan fingerprint density at radius 3 is 2.46 bits per heavy atom. The molecule has 1 aromatic rings. The maximum Gasteiger partial charge on any atom is 0.307 e. The van der Waals surface area contributed by atoms with Crippen molar-refractivity contribution in [3.63, 3.8) is 0 Å². The minimum atomic E-state index is -0.534. The summed E-state index contributed by atoms with van der Waals surface area (Å²) >= 11 is 1.39. The number of ether oxygens (including phenoxy) is 1. The molecule has 2 N–H and O–H groups in total. The molecule has 0 aromatic heterocycles. The highest BCUT2D eigenvalue weighted by Crippen LogP contribution is 2.18. The Balaban J connectivity index is 2.13. The molecule has 0 unspecified atom stereocenters. The molecule has 0 spiro atoms. The van der Waals surface area contributed by atoms with Crippen molar-refractivity contribution in [2.75, 3.05) is 18.9 Å². The molecular formula is C16H21FN2O4S. The van der Waals surface area contributed by atoms with Crippen LogP contribution in [0, 0.1) is 5.82 Å². The van der Waals surface area contributed by atoms with Crippen LogP contribution in [0.4, 0.5) is 4.39 Å². The number of hydrogen-bond acceptors (Lipinski definition) is 5. The van der Waals surface area contributed by atoms with Gasteiger partial charge in [-0.25, -0.2) is 4.39 Å². The van der Waals surface area contributed by atoms with E-state index in [1.54, 1.807) is 12.1 Å². The van der Waals surface area contributed by atoms with Gasteiger partial charge in [-0.15, -0.1) is 11.8 Å². The molecule has 0 saturated heterocycles. The van der Waals surface area contributed by atoms with Crippen molar-refractivity contribution < 1.29 is 23.5 Å². The fourth-order valence-corrected chi connectivity index (χ4v) is 2.44. The lowest BCUT2D eigenvalue weighted by Gasteiger charge is -2.09. The standard InChI is InChI=1S/C16H21FN2O4S/c1-11(2)19-14(20)9-18-15(21)10-23-16(22)7-8-24-13-5-3-12(17)4-6-13/h3-6,11H,7-10H2,1-2H3,(H,18,21)(H,19,20). The van der Waals surface area contributed by atoms with E-state index in [0.717, 1.165) is 4.90 Å². The number of rotatable bonds is 9. The molecule has 0 aliphatic heterocycles. The molecule has 0 heterocycles. The molecule has 0 radical (unpaired) electrons. The first-order valence-corrected chi connectivity index (χ1v) is 8.45. The van der Waals surface area contributed by atoms with Crippen molar-refractivity contribution in [2.45, 2.75) is 31.2 Å². The van der Waals surface area contributed by atoms with Crippen LogP contribution in [0.1, 0.15) is 20.3 Å². The molecule has 1 rings (SSSR count). The van der Waals surface area contributed by atoms with E-state index in [4.69, 9.17) is 4.74 Å². The molecule has 0 aliphatic carbocycles. The lowest BCUT2D eigenvalue weighted by Crippen LogP contribution is -2.41. The van der Waals surface area contributed by atoms with Gasteiger partial charge in [-0.05, 0) is 38.1 Å². The van der Waals surface area contributed by atoms with Crippen LogP contribution in [0.3, 0.4) is 0 Å². The van der Waals surface area contributed by atoms with E-state index in [1.165, 1.54) is 23.9 Å². The van der Waals surface area contributed by atoms with Crippen molar-refractivity contribution in [2.24, 2.45) is 0 Å². The van der Waals surface area contributed by atoms with Crippen molar-refractivity contribution in [3.8, 4) is 0 Å². The second kappa shape index (κ2) is 10.6. The number of hydrogen-bond donors (Lipinski definition) is 2. The smallest absolute Gasteiger partial charge is 0.307 e. The summed E-state index contributed by atoms with van der Waals surface area (Å²) in [6, 6.07) is 5.94. The number of halogens is 1. The number of esters is 1. The number of benzene rings is 1. The third kappa shape index (κ3) is 9.14. The number of amides is 2. The zero-order chi connectivity index (χ0) is 17.9.